The quantitative estimate of drug-likeness (QED) is 0.393. The second-order valence-electron chi connectivity index (χ2n) is 8.16. The molecule has 30 heavy (non-hydrogen) atoms. The summed E-state index contributed by atoms with van der Waals surface area (Å²) in [5.74, 6) is -0.00302. The summed E-state index contributed by atoms with van der Waals surface area (Å²) < 4.78 is 0. The van der Waals surface area contributed by atoms with Crippen LogP contribution in [-0.2, 0) is 4.79 Å². The van der Waals surface area contributed by atoms with Gasteiger partial charge in [-0.15, -0.1) is 0 Å². The summed E-state index contributed by atoms with van der Waals surface area (Å²) >= 11 is 0. The van der Waals surface area contributed by atoms with Gasteiger partial charge in [0.2, 0.25) is 0 Å². The van der Waals surface area contributed by atoms with Gasteiger partial charge in [-0.05, 0) is 61.8 Å². The van der Waals surface area contributed by atoms with Crippen molar-refractivity contribution in [1.29, 1.82) is 0 Å². The summed E-state index contributed by atoms with van der Waals surface area (Å²) in [6.07, 6.45) is 9.28. The number of hydrogen-bond donors (Lipinski definition) is 4. The number of nitrogens with two attached hydrogens (primary N) is 1. The molecule has 8 heteroatoms. The van der Waals surface area contributed by atoms with E-state index < -0.39 is 11.9 Å². The molecule has 0 amide bonds. The lowest BCUT2D eigenvalue weighted by Crippen LogP contribution is -2.47. The molecular formula is C22H24N6O2. The number of aromatic amines is 2. The number of aromatic nitrogens is 3. The highest BCUT2D eigenvalue weighted by atomic mass is 16.4. The minimum Gasteiger partial charge on any atom is -0.481 e. The Labute approximate surface area is 173 Å². The Morgan fingerprint density at radius 3 is 2.67 bits per heavy atom. The van der Waals surface area contributed by atoms with Crippen LogP contribution >= 0.6 is 0 Å². The fourth-order valence-electron chi connectivity index (χ4n) is 5.06. The molecule has 8 nitrogen and oxygen atoms in total. The largest absolute Gasteiger partial charge is 0.481 e. The Morgan fingerprint density at radius 2 is 1.93 bits per heavy atom. The number of amidine groups is 2. The fraction of sp³-hybridized carbons (Fsp3) is 0.364. The van der Waals surface area contributed by atoms with E-state index in [0.717, 1.165) is 48.0 Å². The average Bonchev–Trinajstić information content (AvgIpc) is 3.44. The molecule has 154 valence electrons. The minimum atomic E-state index is -0.761. The van der Waals surface area contributed by atoms with Crippen LogP contribution in [0.2, 0.25) is 0 Å². The van der Waals surface area contributed by atoms with Crippen molar-refractivity contribution in [2.45, 2.75) is 31.7 Å². The maximum absolute atomic E-state index is 12.0. The molecule has 3 aliphatic carbocycles. The highest BCUT2D eigenvalue weighted by Crippen LogP contribution is 2.47. The summed E-state index contributed by atoms with van der Waals surface area (Å²) in [7, 11) is 0. The SMILES string of the molecule is NC(=NC(=N[C@H]1C2CCC(CC2)[C@@H]1C(=O)O)c1ccc[nH]1)c1c[nH]c2ncccc12. The van der Waals surface area contributed by atoms with Crippen molar-refractivity contribution >= 4 is 28.7 Å². The Balaban J connectivity index is 1.58. The van der Waals surface area contributed by atoms with E-state index in [1.807, 2.05) is 24.3 Å². The van der Waals surface area contributed by atoms with Crippen molar-refractivity contribution in [3.63, 3.8) is 0 Å². The van der Waals surface area contributed by atoms with Gasteiger partial charge in [0.05, 0.1) is 17.7 Å². The van der Waals surface area contributed by atoms with Gasteiger partial charge in [-0.25, -0.2) is 9.98 Å². The molecule has 0 unspecified atom stereocenters. The van der Waals surface area contributed by atoms with Gasteiger partial charge < -0.3 is 20.8 Å². The van der Waals surface area contributed by atoms with Crippen molar-refractivity contribution < 1.29 is 9.90 Å². The molecule has 0 aromatic carbocycles. The van der Waals surface area contributed by atoms with Crippen molar-refractivity contribution in [2.24, 2.45) is 33.5 Å². The number of nitrogens with zero attached hydrogens (tertiary/aromatic N) is 3. The Kier molecular flexibility index (Phi) is 4.61. The summed E-state index contributed by atoms with van der Waals surface area (Å²) in [5.41, 5.74) is 8.59. The summed E-state index contributed by atoms with van der Waals surface area (Å²) in [5, 5.41) is 10.8. The third kappa shape index (κ3) is 3.18. The Hall–Kier alpha value is -3.42. The van der Waals surface area contributed by atoms with E-state index in [-0.39, 0.29) is 17.9 Å². The van der Waals surface area contributed by atoms with Crippen LogP contribution in [0.1, 0.15) is 36.9 Å². The van der Waals surface area contributed by atoms with Crippen LogP contribution in [0.4, 0.5) is 0 Å². The van der Waals surface area contributed by atoms with Gasteiger partial charge in [0.1, 0.15) is 11.5 Å². The first-order chi connectivity index (χ1) is 14.6. The molecule has 3 saturated carbocycles. The van der Waals surface area contributed by atoms with Crippen molar-refractivity contribution in [1.82, 2.24) is 15.0 Å². The predicted octanol–water partition coefficient (Wildman–Crippen LogP) is 2.93. The van der Waals surface area contributed by atoms with Crippen LogP contribution in [0, 0.1) is 17.8 Å². The van der Waals surface area contributed by atoms with Crippen molar-refractivity contribution in [3.8, 4) is 0 Å². The van der Waals surface area contributed by atoms with E-state index in [1.54, 1.807) is 18.6 Å². The standard InChI is InChI=1S/C22H24N6O2/c23-19(15-11-26-20-14(15)3-1-10-25-20)28-21(16-4-2-9-24-16)27-18-13-7-5-12(6-8-13)17(18)22(29)30/h1-4,9-13,17-18,24H,5-8H2,(H,25,26)(H,29,30)(H2,23,27,28)/t12?,13?,17-,18-/m0/s1. The van der Waals surface area contributed by atoms with Crippen LogP contribution in [0.3, 0.4) is 0 Å². The molecule has 6 rings (SSSR count). The highest BCUT2D eigenvalue weighted by Gasteiger charge is 2.47. The van der Waals surface area contributed by atoms with Crippen molar-refractivity contribution in [3.05, 3.63) is 54.1 Å². The van der Waals surface area contributed by atoms with Gasteiger partial charge in [-0.2, -0.15) is 0 Å². The van der Waals surface area contributed by atoms with Gasteiger partial charge >= 0.3 is 5.97 Å². The zero-order valence-corrected chi connectivity index (χ0v) is 16.5. The monoisotopic (exact) mass is 404 g/mol. The number of rotatable bonds is 4. The molecule has 0 saturated heterocycles. The van der Waals surface area contributed by atoms with Crippen LogP contribution in [0.15, 0.2) is 52.8 Å². The van der Waals surface area contributed by atoms with E-state index in [0.29, 0.717) is 11.7 Å². The van der Waals surface area contributed by atoms with Crippen LogP contribution in [0.5, 0.6) is 0 Å². The van der Waals surface area contributed by atoms with Crippen LogP contribution in [0.25, 0.3) is 11.0 Å². The molecule has 0 aliphatic heterocycles. The Morgan fingerprint density at radius 1 is 1.13 bits per heavy atom. The molecule has 3 heterocycles. The lowest BCUT2D eigenvalue weighted by atomic mass is 9.62. The van der Waals surface area contributed by atoms with Gasteiger partial charge in [-0.1, -0.05) is 0 Å². The number of aliphatic carboxylic acids is 1. The predicted molar refractivity (Wildman–Crippen MR) is 115 cm³/mol. The molecule has 3 aliphatic rings. The highest BCUT2D eigenvalue weighted by molar-refractivity contribution is 6.14. The molecule has 3 aromatic heterocycles. The van der Waals surface area contributed by atoms with Gasteiger partial charge in [-0.3, -0.25) is 9.79 Å². The maximum atomic E-state index is 12.0. The maximum Gasteiger partial charge on any atom is 0.308 e. The molecule has 3 aromatic rings. The normalized spacial score (nSPS) is 26.9. The number of hydrogen-bond acceptors (Lipinski definition) is 3. The third-order valence-corrected chi connectivity index (χ3v) is 6.52. The number of aliphatic imine (C=N–C) groups is 2. The first-order valence-electron chi connectivity index (χ1n) is 10.3. The second kappa shape index (κ2) is 7.44. The first kappa shape index (κ1) is 18.6. The van der Waals surface area contributed by atoms with Gasteiger partial charge in [0, 0.05) is 29.5 Å². The van der Waals surface area contributed by atoms with E-state index in [4.69, 9.17) is 10.7 Å². The lowest BCUT2D eigenvalue weighted by molar-refractivity contribution is -0.148. The number of carboxylic acid groups (broad SMARTS) is 1. The number of carboxylic acids is 1. The van der Waals surface area contributed by atoms with Gasteiger partial charge in [0.25, 0.3) is 0 Å². The average molecular weight is 404 g/mol. The molecule has 3 fully saturated rings. The van der Waals surface area contributed by atoms with Crippen molar-refractivity contribution in [2.75, 3.05) is 0 Å². The molecule has 2 bridgehead atoms. The zero-order valence-electron chi connectivity index (χ0n) is 16.5. The van der Waals surface area contributed by atoms with Crippen LogP contribution in [-0.4, -0.2) is 43.7 Å². The van der Waals surface area contributed by atoms with E-state index in [9.17, 15) is 9.90 Å². The summed E-state index contributed by atoms with van der Waals surface area (Å²) in [6, 6.07) is 7.25. The summed E-state index contributed by atoms with van der Waals surface area (Å²) in [4.78, 5) is 32.1. The summed E-state index contributed by atoms with van der Waals surface area (Å²) in [6.45, 7) is 0. The third-order valence-electron chi connectivity index (χ3n) is 6.52. The molecule has 0 radical (unpaired) electrons. The number of nitrogens with one attached hydrogen (secondary N) is 2. The smallest absolute Gasteiger partial charge is 0.308 e. The number of pyridine rings is 1. The second-order valence-corrected chi connectivity index (χ2v) is 8.16. The van der Waals surface area contributed by atoms with E-state index in [1.165, 1.54) is 0 Å². The molecular weight excluding hydrogens is 380 g/mol. The number of carbonyl (C=O) groups is 1. The molecule has 0 spiro atoms. The number of H-pyrrole nitrogens is 2. The topological polar surface area (TPSA) is 133 Å². The molecule has 2 atom stereocenters. The van der Waals surface area contributed by atoms with E-state index >= 15 is 0 Å². The molecule has 5 N–H and O–H groups in total. The van der Waals surface area contributed by atoms with Crippen LogP contribution < -0.4 is 5.73 Å². The zero-order chi connectivity index (χ0) is 20.7. The fourth-order valence-corrected chi connectivity index (χ4v) is 5.06. The Bertz CT molecular complexity index is 1120. The van der Waals surface area contributed by atoms with Gasteiger partial charge in [0.15, 0.2) is 5.84 Å². The van der Waals surface area contributed by atoms with E-state index in [2.05, 4.69) is 19.9 Å². The lowest BCUT2D eigenvalue weighted by Gasteiger charge is -2.45. The first-order valence-corrected chi connectivity index (χ1v) is 10.3. The minimum absolute atomic E-state index is 0.187. The number of fused-ring (bicyclic) bond motifs is 4.